The molecular formula is C34H33NO5. The predicted molar refractivity (Wildman–Crippen MR) is 155 cm³/mol. The Morgan fingerprint density at radius 1 is 0.900 bits per heavy atom. The highest BCUT2D eigenvalue weighted by atomic mass is 16.5. The van der Waals surface area contributed by atoms with Gasteiger partial charge in [0.15, 0.2) is 17.3 Å². The number of hydrogen-bond acceptors (Lipinski definition) is 6. The van der Waals surface area contributed by atoms with Crippen LogP contribution in [0.25, 0.3) is 6.08 Å². The number of benzene rings is 3. The molecule has 0 amide bonds. The van der Waals surface area contributed by atoms with Gasteiger partial charge < -0.3 is 14.4 Å². The summed E-state index contributed by atoms with van der Waals surface area (Å²) in [5.74, 6) is -0.354. The van der Waals surface area contributed by atoms with Crippen molar-refractivity contribution in [2.75, 3.05) is 19.1 Å². The lowest BCUT2D eigenvalue weighted by Crippen LogP contribution is -2.49. The van der Waals surface area contributed by atoms with E-state index in [9.17, 15) is 14.4 Å². The van der Waals surface area contributed by atoms with Gasteiger partial charge in [-0.3, -0.25) is 14.4 Å². The van der Waals surface area contributed by atoms with Crippen molar-refractivity contribution >= 4 is 29.1 Å². The summed E-state index contributed by atoms with van der Waals surface area (Å²) in [7, 11) is 3.13. The number of hydrogen-bond donors (Lipinski definition) is 0. The number of aryl methyl sites for hydroxylation is 1. The van der Waals surface area contributed by atoms with Crippen molar-refractivity contribution in [3.05, 3.63) is 94.6 Å². The minimum Gasteiger partial charge on any atom is -0.497 e. The average molecular weight is 536 g/mol. The topological polar surface area (TPSA) is 72.9 Å². The first-order valence-corrected chi connectivity index (χ1v) is 13.6. The summed E-state index contributed by atoms with van der Waals surface area (Å²) in [4.78, 5) is 46.1. The molecule has 1 unspecified atom stereocenters. The third-order valence-electron chi connectivity index (χ3n) is 8.74. The first-order valence-electron chi connectivity index (χ1n) is 13.6. The van der Waals surface area contributed by atoms with Crippen LogP contribution in [0.3, 0.4) is 0 Å². The van der Waals surface area contributed by atoms with Crippen LogP contribution in [0.15, 0.2) is 66.7 Å². The second kappa shape index (κ2) is 8.91. The fraction of sp³-hybridized carbons (Fsp3) is 0.324. The van der Waals surface area contributed by atoms with E-state index in [4.69, 9.17) is 9.47 Å². The van der Waals surface area contributed by atoms with Crippen LogP contribution in [0.1, 0.15) is 64.1 Å². The molecule has 1 fully saturated rings. The second-order valence-electron chi connectivity index (χ2n) is 12.0. The molecule has 40 heavy (non-hydrogen) atoms. The molecule has 3 atom stereocenters. The molecule has 0 N–H and O–H groups in total. The van der Waals surface area contributed by atoms with Gasteiger partial charge in [-0.1, -0.05) is 68.8 Å². The van der Waals surface area contributed by atoms with Crippen LogP contribution < -0.4 is 14.4 Å². The highest BCUT2D eigenvalue weighted by Gasteiger charge is 2.72. The zero-order chi connectivity index (χ0) is 28.6. The van der Waals surface area contributed by atoms with Gasteiger partial charge >= 0.3 is 0 Å². The minimum absolute atomic E-state index is 0.0531. The lowest BCUT2D eigenvalue weighted by molar-refractivity contribution is -0.127. The molecule has 0 bridgehead atoms. The Morgan fingerprint density at radius 2 is 1.57 bits per heavy atom. The Balaban J connectivity index is 1.74. The molecule has 2 heterocycles. The van der Waals surface area contributed by atoms with Gasteiger partial charge in [-0.25, -0.2) is 0 Å². The molecule has 0 saturated carbocycles. The SMILES string of the molecule is COc1ccc(OC)c([C@@H]2[C@@H](C(=O)C(C)(C)C)N3c4ccc(C)cc4C=CC3C23C(=O)c2ccccc2C3=O)c1. The number of fused-ring (bicyclic) bond motifs is 5. The van der Waals surface area contributed by atoms with E-state index >= 15 is 0 Å². The van der Waals surface area contributed by atoms with Crippen LogP contribution in [0.5, 0.6) is 11.5 Å². The summed E-state index contributed by atoms with van der Waals surface area (Å²) in [5, 5.41) is 0. The maximum absolute atomic E-state index is 14.7. The van der Waals surface area contributed by atoms with E-state index in [-0.39, 0.29) is 17.3 Å². The van der Waals surface area contributed by atoms with Crippen molar-refractivity contribution in [1.82, 2.24) is 0 Å². The van der Waals surface area contributed by atoms with Crippen molar-refractivity contribution < 1.29 is 23.9 Å². The summed E-state index contributed by atoms with van der Waals surface area (Å²) in [6.45, 7) is 7.68. The van der Waals surface area contributed by atoms with Crippen LogP contribution in [0, 0.1) is 17.8 Å². The van der Waals surface area contributed by atoms with Crippen LogP contribution in [0.4, 0.5) is 5.69 Å². The summed E-state index contributed by atoms with van der Waals surface area (Å²) in [6, 6.07) is 17.0. The molecule has 1 spiro atoms. The number of ether oxygens (including phenoxy) is 2. The largest absolute Gasteiger partial charge is 0.497 e. The van der Waals surface area contributed by atoms with Gasteiger partial charge in [-0.05, 0) is 42.8 Å². The van der Waals surface area contributed by atoms with Gasteiger partial charge in [0, 0.05) is 33.7 Å². The van der Waals surface area contributed by atoms with Gasteiger partial charge in [0.25, 0.3) is 0 Å². The van der Waals surface area contributed by atoms with Gasteiger partial charge in [0.1, 0.15) is 16.9 Å². The lowest BCUT2D eigenvalue weighted by Gasteiger charge is -2.38. The molecule has 204 valence electrons. The highest BCUT2D eigenvalue weighted by Crippen LogP contribution is 2.62. The van der Waals surface area contributed by atoms with E-state index < -0.39 is 28.8 Å². The maximum atomic E-state index is 14.7. The highest BCUT2D eigenvalue weighted by molar-refractivity contribution is 6.32. The summed E-state index contributed by atoms with van der Waals surface area (Å²) in [5.41, 5.74) is 1.93. The van der Waals surface area contributed by atoms with Crippen LogP contribution >= 0.6 is 0 Å². The molecule has 3 aliphatic rings. The molecule has 2 aliphatic heterocycles. The molecule has 6 heteroatoms. The summed E-state index contributed by atoms with van der Waals surface area (Å²) in [6.07, 6.45) is 3.93. The third-order valence-corrected chi connectivity index (χ3v) is 8.74. The number of ketones is 3. The zero-order valence-electron chi connectivity index (χ0n) is 23.6. The van der Waals surface area contributed by atoms with Crippen LogP contribution in [-0.2, 0) is 4.79 Å². The molecule has 6 rings (SSSR count). The Bertz CT molecular complexity index is 1580. The number of nitrogens with zero attached hydrogens (tertiary/aromatic N) is 1. The van der Waals surface area contributed by atoms with E-state index in [0.29, 0.717) is 28.2 Å². The minimum atomic E-state index is -1.58. The summed E-state index contributed by atoms with van der Waals surface area (Å²) >= 11 is 0. The van der Waals surface area contributed by atoms with Gasteiger partial charge in [0.2, 0.25) is 0 Å². The Morgan fingerprint density at radius 3 is 2.17 bits per heavy atom. The van der Waals surface area contributed by atoms with Gasteiger partial charge in [-0.2, -0.15) is 0 Å². The van der Waals surface area contributed by atoms with Crippen molar-refractivity contribution in [3.8, 4) is 11.5 Å². The standard InChI is InChI=1S/C34H33NO5/c1-19-11-14-25-20(17-19)12-16-27-34(30(36)22-9-7-8-10-23(22)31(34)37)28(29(35(25)27)32(38)33(2,3)4)24-18-21(39-5)13-15-26(24)40-6/h7-18,27-29H,1-6H3/t27?,28-,29+/m1/s1. The molecule has 6 nitrogen and oxygen atoms in total. The molecule has 3 aromatic rings. The van der Waals surface area contributed by atoms with Gasteiger partial charge in [-0.15, -0.1) is 0 Å². The Labute approximate surface area is 234 Å². The van der Waals surface area contributed by atoms with E-state index in [0.717, 1.165) is 16.8 Å². The number of carbonyl (C=O) groups is 3. The Kier molecular flexibility index (Phi) is 5.81. The van der Waals surface area contributed by atoms with E-state index in [1.165, 1.54) is 0 Å². The van der Waals surface area contributed by atoms with Crippen LogP contribution in [-0.4, -0.2) is 43.7 Å². The van der Waals surface area contributed by atoms with Crippen molar-refractivity contribution in [2.45, 2.75) is 45.7 Å². The molecule has 1 saturated heterocycles. The van der Waals surface area contributed by atoms with Crippen LogP contribution in [0.2, 0.25) is 0 Å². The molecule has 0 radical (unpaired) electrons. The number of methoxy groups -OCH3 is 2. The third kappa shape index (κ3) is 3.38. The maximum Gasteiger partial charge on any atom is 0.180 e. The molecule has 0 aromatic heterocycles. The second-order valence-corrected chi connectivity index (χ2v) is 12.0. The van der Waals surface area contributed by atoms with Gasteiger partial charge in [0.05, 0.1) is 26.3 Å². The number of Topliss-reactive ketones (excluding diaryl/α,β-unsaturated/α-hetero) is 3. The Hall–Kier alpha value is -4.19. The lowest BCUT2D eigenvalue weighted by atomic mass is 9.63. The quantitative estimate of drug-likeness (QED) is 0.378. The van der Waals surface area contributed by atoms with Crippen molar-refractivity contribution in [2.24, 2.45) is 10.8 Å². The smallest absolute Gasteiger partial charge is 0.180 e. The van der Waals surface area contributed by atoms with Crippen molar-refractivity contribution in [3.63, 3.8) is 0 Å². The number of carbonyl (C=O) groups excluding carboxylic acids is 3. The van der Waals surface area contributed by atoms with E-state index in [1.807, 2.05) is 62.9 Å². The first kappa shape index (κ1) is 26.1. The molecule has 1 aliphatic carbocycles. The van der Waals surface area contributed by atoms with E-state index in [2.05, 4.69) is 6.07 Å². The molecular weight excluding hydrogens is 502 g/mol. The first-order chi connectivity index (χ1) is 19.0. The fourth-order valence-electron chi connectivity index (χ4n) is 6.97. The zero-order valence-corrected chi connectivity index (χ0v) is 23.6. The number of rotatable bonds is 4. The fourth-order valence-corrected chi connectivity index (χ4v) is 6.97. The monoisotopic (exact) mass is 535 g/mol. The predicted octanol–water partition coefficient (Wildman–Crippen LogP) is 6.06. The normalized spacial score (nSPS) is 22.2. The molecule has 3 aromatic carbocycles. The number of anilines is 1. The van der Waals surface area contributed by atoms with E-state index in [1.54, 1.807) is 50.6 Å². The average Bonchev–Trinajstić information content (AvgIpc) is 3.37. The summed E-state index contributed by atoms with van der Waals surface area (Å²) < 4.78 is 11.4. The van der Waals surface area contributed by atoms with Crippen molar-refractivity contribution in [1.29, 1.82) is 0 Å².